The van der Waals surface area contributed by atoms with E-state index in [1.807, 2.05) is 0 Å². The minimum absolute atomic E-state index is 0.0989. The van der Waals surface area contributed by atoms with Gasteiger partial charge in [-0.25, -0.2) is 17.7 Å². The van der Waals surface area contributed by atoms with Crippen LogP contribution in [0.5, 0.6) is 5.88 Å². The molecule has 0 radical (unpaired) electrons. The third-order valence-electron chi connectivity index (χ3n) is 5.09. The third-order valence-corrected chi connectivity index (χ3v) is 6.39. The maximum absolute atomic E-state index is 11.7. The van der Waals surface area contributed by atoms with Crippen molar-refractivity contribution < 1.29 is 17.9 Å². The van der Waals surface area contributed by atoms with Crippen LogP contribution in [-0.4, -0.2) is 61.9 Å². The van der Waals surface area contributed by atoms with E-state index in [-0.39, 0.29) is 11.3 Å². The van der Waals surface area contributed by atoms with Gasteiger partial charge in [0, 0.05) is 38.0 Å². The molecule has 2 aliphatic heterocycles. The molecule has 0 amide bonds. The van der Waals surface area contributed by atoms with Crippen LogP contribution in [0.15, 0.2) is 18.6 Å². The summed E-state index contributed by atoms with van der Waals surface area (Å²) in [6, 6.07) is 0. The molecule has 7 nitrogen and oxygen atoms in total. The number of rotatable bonds is 4. The molecule has 3 heterocycles. The minimum Gasteiger partial charge on any atom is -0.476 e. The molecule has 0 N–H and O–H groups in total. The summed E-state index contributed by atoms with van der Waals surface area (Å²) >= 11 is 0. The number of hydrogen-bond donors (Lipinski definition) is 0. The topological polar surface area (TPSA) is 81.6 Å². The van der Waals surface area contributed by atoms with Crippen LogP contribution >= 0.6 is 0 Å². The molecule has 1 aromatic heterocycles. The van der Waals surface area contributed by atoms with Crippen molar-refractivity contribution in [2.45, 2.75) is 19.3 Å². The zero-order valence-electron chi connectivity index (χ0n) is 13.3. The van der Waals surface area contributed by atoms with Gasteiger partial charge >= 0.3 is 0 Å². The van der Waals surface area contributed by atoms with E-state index in [4.69, 9.17) is 9.47 Å². The Morgan fingerprint density at radius 3 is 2.78 bits per heavy atom. The van der Waals surface area contributed by atoms with Crippen LogP contribution in [0.4, 0.5) is 0 Å². The summed E-state index contributed by atoms with van der Waals surface area (Å²) in [5, 5.41) is 0. The lowest BCUT2D eigenvalue weighted by Crippen LogP contribution is -2.50. The maximum Gasteiger partial charge on any atom is 0.232 e. The first kappa shape index (κ1) is 16.6. The first-order valence-corrected chi connectivity index (χ1v) is 9.76. The Morgan fingerprint density at radius 1 is 1.35 bits per heavy atom. The predicted octanol–water partition coefficient (Wildman–Crippen LogP) is 0.934. The van der Waals surface area contributed by atoms with E-state index in [0.717, 1.165) is 25.9 Å². The highest BCUT2D eigenvalue weighted by atomic mass is 32.2. The van der Waals surface area contributed by atoms with Gasteiger partial charge in [-0.2, -0.15) is 0 Å². The van der Waals surface area contributed by atoms with Gasteiger partial charge in [0.1, 0.15) is 0 Å². The smallest absolute Gasteiger partial charge is 0.232 e. The normalized spacial score (nSPS) is 25.3. The highest BCUT2D eigenvalue weighted by molar-refractivity contribution is 7.88. The first-order valence-electron chi connectivity index (χ1n) is 7.91. The Labute approximate surface area is 137 Å². The Balaban J connectivity index is 1.65. The molecule has 1 atom stereocenters. The van der Waals surface area contributed by atoms with Gasteiger partial charge in [-0.15, -0.1) is 0 Å². The van der Waals surface area contributed by atoms with Gasteiger partial charge in [-0.05, 0) is 24.7 Å². The van der Waals surface area contributed by atoms with Crippen LogP contribution < -0.4 is 4.74 Å². The third kappa shape index (κ3) is 3.81. The average molecular weight is 341 g/mol. The number of nitrogens with zero attached hydrogens (tertiary/aromatic N) is 3. The molecule has 0 bridgehead atoms. The molecular formula is C15H23N3O4S. The minimum atomic E-state index is -3.10. The second kappa shape index (κ2) is 6.70. The van der Waals surface area contributed by atoms with Gasteiger partial charge in [0.05, 0.1) is 25.7 Å². The van der Waals surface area contributed by atoms with Crippen LogP contribution in [0.2, 0.25) is 0 Å². The SMILES string of the molecule is CS(=O)(=O)N1CCC2(CCOC[C@@H]2COc2cnccn2)CC1. The number of ether oxygens (including phenoxy) is 2. The Morgan fingerprint density at radius 2 is 2.13 bits per heavy atom. The quantitative estimate of drug-likeness (QED) is 0.810. The lowest BCUT2D eigenvalue weighted by molar-refractivity contribution is -0.0791. The van der Waals surface area contributed by atoms with E-state index in [1.165, 1.54) is 6.26 Å². The van der Waals surface area contributed by atoms with Crippen molar-refractivity contribution in [1.29, 1.82) is 0 Å². The van der Waals surface area contributed by atoms with Crippen molar-refractivity contribution in [1.82, 2.24) is 14.3 Å². The Hall–Kier alpha value is -1.25. The van der Waals surface area contributed by atoms with Crippen LogP contribution in [-0.2, 0) is 14.8 Å². The van der Waals surface area contributed by atoms with Crippen molar-refractivity contribution in [2.75, 3.05) is 39.2 Å². The van der Waals surface area contributed by atoms with Crippen molar-refractivity contribution in [2.24, 2.45) is 11.3 Å². The molecule has 0 aromatic carbocycles. The average Bonchev–Trinajstić information content (AvgIpc) is 2.55. The molecule has 3 rings (SSSR count). The molecule has 2 fully saturated rings. The molecule has 1 spiro atoms. The van der Waals surface area contributed by atoms with E-state index in [0.29, 0.717) is 32.2 Å². The first-order chi connectivity index (χ1) is 11.0. The van der Waals surface area contributed by atoms with Gasteiger partial charge in [0.25, 0.3) is 0 Å². The summed E-state index contributed by atoms with van der Waals surface area (Å²) in [5.41, 5.74) is 0.0989. The number of aromatic nitrogens is 2. The van der Waals surface area contributed by atoms with E-state index >= 15 is 0 Å². The second-order valence-corrected chi connectivity index (χ2v) is 8.38. The summed E-state index contributed by atoms with van der Waals surface area (Å²) < 4.78 is 36.4. The van der Waals surface area contributed by atoms with Crippen molar-refractivity contribution in [3.63, 3.8) is 0 Å². The molecule has 2 aliphatic rings. The second-order valence-electron chi connectivity index (χ2n) is 6.40. The highest BCUT2D eigenvalue weighted by Gasteiger charge is 2.45. The number of piperidine rings is 1. The van der Waals surface area contributed by atoms with Crippen LogP contribution in [0.3, 0.4) is 0 Å². The van der Waals surface area contributed by atoms with Gasteiger partial charge in [0.15, 0.2) is 0 Å². The molecule has 128 valence electrons. The molecule has 0 unspecified atom stereocenters. The zero-order valence-corrected chi connectivity index (χ0v) is 14.2. The fourth-order valence-electron chi connectivity index (χ4n) is 3.57. The molecule has 8 heteroatoms. The standard InChI is InChI=1S/C15H23N3O4S/c1-23(19,20)18-7-2-15(3-8-18)4-9-21-11-13(15)12-22-14-10-16-5-6-17-14/h5-6,10,13H,2-4,7-9,11-12H2,1H3/t13-/m1/s1. The monoisotopic (exact) mass is 341 g/mol. The number of hydrogen-bond acceptors (Lipinski definition) is 6. The summed E-state index contributed by atoms with van der Waals surface area (Å²) in [6.45, 7) is 3.08. The lowest BCUT2D eigenvalue weighted by atomic mass is 9.66. The van der Waals surface area contributed by atoms with Crippen molar-refractivity contribution in [3.05, 3.63) is 18.6 Å². The van der Waals surface area contributed by atoms with Gasteiger partial charge < -0.3 is 9.47 Å². The number of sulfonamides is 1. The summed E-state index contributed by atoms with van der Waals surface area (Å²) in [4.78, 5) is 8.13. The van der Waals surface area contributed by atoms with E-state index in [2.05, 4.69) is 9.97 Å². The summed E-state index contributed by atoms with van der Waals surface area (Å²) in [6.07, 6.45) is 8.77. The van der Waals surface area contributed by atoms with Gasteiger partial charge in [-0.1, -0.05) is 0 Å². The van der Waals surface area contributed by atoms with E-state index in [1.54, 1.807) is 22.9 Å². The van der Waals surface area contributed by atoms with Crippen LogP contribution in [0, 0.1) is 11.3 Å². The van der Waals surface area contributed by atoms with Gasteiger partial charge in [0.2, 0.25) is 15.9 Å². The Bertz CT molecular complexity index is 615. The van der Waals surface area contributed by atoms with E-state index in [9.17, 15) is 8.42 Å². The van der Waals surface area contributed by atoms with Crippen molar-refractivity contribution >= 4 is 10.0 Å². The molecule has 1 aromatic rings. The largest absolute Gasteiger partial charge is 0.476 e. The van der Waals surface area contributed by atoms with Gasteiger partial charge in [-0.3, -0.25) is 4.98 Å². The summed E-state index contributed by atoms with van der Waals surface area (Å²) in [7, 11) is -3.10. The Kier molecular flexibility index (Phi) is 4.84. The summed E-state index contributed by atoms with van der Waals surface area (Å²) in [5.74, 6) is 0.766. The molecule has 0 saturated carbocycles. The molecule has 0 aliphatic carbocycles. The van der Waals surface area contributed by atoms with Crippen molar-refractivity contribution in [3.8, 4) is 5.88 Å². The molecular weight excluding hydrogens is 318 g/mol. The fourth-order valence-corrected chi connectivity index (χ4v) is 4.42. The van der Waals surface area contributed by atoms with Crippen LogP contribution in [0.25, 0.3) is 0 Å². The van der Waals surface area contributed by atoms with E-state index < -0.39 is 10.0 Å². The zero-order chi connectivity index (χ0) is 16.3. The van der Waals surface area contributed by atoms with Crippen LogP contribution in [0.1, 0.15) is 19.3 Å². The molecule has 2 saturated heterocycles. The predicted molar refractivity (Wildman–Crippen MR) is 84.5 cm³/mol. The highest BCUT2D eigenvalue weighted by Crippen LogP contribution is 2.45. The lowest BCUT2D eigenvalue weighted by Gasteiger charge is -2.48. The molecule has 23 heavy (non-hydrogen) atoms. The maximum atomic E-state index is 11.7. The fraction of sp³-hybridized carbons (Fsp3) is 0.733.